The molecule has 33 heavy (non-hydrogen) atoms. The zero-order chi connectivity index (χ0) is 23.8. The molecule has 0 fully saturated rings. The maximum atomic E-state index is 12.9. The highest BCUT2D eigenvalue weighted by Crippen LogP contribution is 2.40. The Balaban J connectivity index is 1.55. The number of anilines is 2. The minimum atomic E-state index is -3.79. The molecule has 1 unspecified atom stereocenters. The van der Waals surface area contributed by atoms with Crippen molar-refractivity contribution in [1.82, 2.24) is 0 Å². The van der Waals surface area contributed by atoms with E-state index >= 15 is 0 Å². The molecule has 0 aliphatic carbocycles. The Morgan fingerprint density at radius 2 is 1.79 bits per heavy atom. The largest absolute Gasteiger partial charge is 0.388 e. The van der Waals surface area contributed by atoms with Crippen LogP contribution in [0.3, 0.4) is 0 Å². The molecule has 0 bridgehead atoms. The van der Waals surface area contributed by atoms with Crippen LogP contribution in [0.5, 0.6) is 0 Å². The number of carbonyl (C=O) groups is 1. The Morgan fingerprint density at radius 1 is 1.06 bits per heavy atom. The Kier molecular flexibility index (Phi) is 6.28. The fourth-order valence-corrected chi connectivity index (χ4v) is 5.15. The summed E-state index contributed by atoms with van der Waals surface area (Å²) < 4.78 is 28.4. The number of ketones is 1. The predicted molar refractivity (Wildman–Crippen MR) is 130 cm³/mol. The number of fused-ring (bicyclic) bond motifs is 1. The fraction of sp³-hybridized carbons (Fsp3) is 0.269. The van der Waals surface area contributed by atoms with Crippen LogP contribution in [0, 0.1) is 12.8 Å². The molecule has 6 nitrogen and oxygen atoms in total. The third kappa shape index (κ3) is 4.94. The van der Waals surface area contributed by atoms with Gasteiger partial charge in [0.1, 0.15) is 0 Å². The molecular formula is C26H28N2O4S. The molecule has 0 amide bonds. The third-order valence-electron chi connectivity index (χ3n) is 5.87. The summed E-state index contributed by atoms with van der Waals surface area (Å²) in [6.07, 6.45) is -0.434. The van der Waals surface area contributed by atoms with E-state index in [4.69, 9.17) is 0 Å². The number of hydrogen-bond acceptors (Lipinski definition) is 5. The van der Waals surface area contributed by atoms with Crippen molar-refractivity contribution in [1.29, 1.82) is 0 Å². The molecule has 0 radical (unpaired) electrons. The SMILES string of the molecule is Cc1cccc(NS(=O)(=O)c2ccc3c(c2)[C@@H](O)CC(c2ccc(C(=O)C(C)C)cc2)N3)c1. The van der Waals surface area contributed by atoms with Gasteiger partial charge in [0.25, 0.3) is 10.0 Å². The Morgan fingerprint density at radius 3 is 2.45 bits per heavy atom. The smallest absolute Gasteiger partial charge is 0.261 e. The van der Waals surface area contributed by atoms with Gasteiger partial charge in [0, 0.05) is 34.8 Å². The highest BCUT2D eigenvalue weighted by molar-refractivity contribution is 7.92. The number of rotatable bonds is 6. The van der Waals surface area contributed by atoms with Gasteiger partial charge in [0.15, 0.2) is 5.78 Å². The van der Waals surface area contributed by atoms with E-state index in [0.29, 0.717) is 28.9 Å². The van der Waals surface area contributed by atoms with Crippen molar-refractivity contribution in [2.45, 2.75) is 44.2 Å². The van der Waals surface area contributed by atoms with Crippen molar-refractivity contribution in [2.75, 3.05) is 10.0 Å². The van der Waals surface area contributed by atoms with Crippen molar-refractivity contribution < 1.29 is 18.3 Å². The van der Waals surface area contributed by atoms with Gasteiger partial charge < -0.3 is 10.4 Å². The molecule has 1 aliphatic rings. The van der Waals surface area contributed by atoms with Crippen LogP contribution in [-0.2, 0) is 10.0 Å². The second-order valence-corrected chi connectivity index (χ2v) is 10.5. The Hall–Kier alpha value is -3.16. The van der Waals surface area contributed by atoms with Gasteiger partial charge in [-0.3, -0.25) is 9.52 Å². The minimum absolute atomic E-state index is 0.0665. The van der Waals surface area contributed by atoms with Crippen LogP contribution in [0.25, 0.3) is 0 Å². The molecule has 3 N–H and O–H groups in total. The van der Waals surface area contributed by atoms with Gasteiger partial charge in [-0.2, -0.15) is 0 Å². The lowest BCUT2D eigenvalue weighted by molar-refractivity contribution is 0.0939. The zero-order valence-corrected chi connectivity index (χ0v) is 19.7. The topological polar surface area (TPSA) is 95.5 Å². The molecule has 0 aromatic heterocycles. The molecule has 7 heteroatoms. The third-order valence-corrected chi connectivity index (χ3v) is 7.25. The molecule has 0 saturated heterocycles. The van der Waals surface area contributed by atoms with Gasteiger partial charge in [0.05, 0.1) is 17.0 Å². The number of aliphatic hydroxyl groups excluding tert-OH is 1. The summed E-state index contributed by atoms with van der Waals surface area (Å²) in [5.41, 5.74) is 4.30. The van der Waals surface area contributed by atoms with Crippen molar-refractivity contribution >= 4 is 27.2 Å². The van der Waals surface area contributed by atoms with E-state index in [9.17, 15) is 18.3 Å². The quantitative estimate of drug-likeness (QED) is 0.435. The molecule has 172 valence electrons. The molecule has 0 saturated carbocycles. The highest BCUT2D eigenvalue weighted by Gasteiger charge is 2.28. The summed E-state index contributed by atoms with van der Waals surface area (Å²) in [7, 11) is -3.79. The van der Waals surface area contributed by atoms with Crippen LogP contribution in [0.2, 0.25) is 0 Å². The van der Waals surface area contributed by atoms with Crippen molar-refractivity contribution in [3.63, 3.8) is 0 Å². The van der Waals surface area contributed by atoms with Crippen LogP contribution in [0.1, 0.15) is 59.5 Å². The summed E-state index contributed by atoms with van der Waals surface area (Å²) in [5.74, 6) is 0.0276. The summed E-state index contributed by atoms with van der Waals surface area (Å²) in [6.45, 7) is 5.64. The second-order valence-electron chi connectivity index (χ2n) is 8.81. The van der Waals surface area contributed by atoms with Gasteiger partial charge in [-0.1, -0.05) is 50.2 Å². The Labute approximate surface area is 194 Å². The number of benzene rings is 3. The van der Waals surface area contributed by atoms with E-state index in [0.717, 1.165) is 11.1 Å². The number of nitrogens with one attached hydrogen (secondary N) is 2. The van der Waals surface area contributed by atoms with Gasteiger partial charge in [-0.15, -0.1) is 0 Å². The number of aliphatic hydroxyl groups is 1. The number of sulfonamides is 1. The fourth-order valence-electron chi connectivity index (χ4n) is 4.07. The van der Waals surface area contributed by atoms with Crippen molar-refractivity contribution in [3.05, 3.63) is 89.0 Å². The summed E-state index contributed by atoms with van der Waals surface area (Å²) in [6, 6.07) is 19.2. The highest BCUT2D eigenvalue weighted by atomic mass is 32.2. The number of aryl methyl sites for hydroxylation is 1. The summed E-state index contributed by atoms with van der Waals surface area (Å²) >= 11 is 0. The normalized spacial score (nSPS) is 17.8. The van der Waals surface area contributed by atoms with Crippen molar-refractivity contribution in [3.8, 4) is 0 Å². The molecule has 0 spiro atoms. The van der Waals surface area contributed by atoms with E-state index in [1.54, 1.807) is 24.3 Å². The van der Waals surface area contributed by atoms with E-state index < -0.39 is 16.1 Å². The second kappa shape index (κ2) is 9.00. The zero-order valence-electron chi connectivity index (χ0n) is 18.9. The molecule has 1 aliphatic heterocycles. The minimum Gasteiger partial charge on any atom is -0.388 e. The van der Waals surface area contributed by atoms with Gasteiger partial charge in [-0.05, 0) is 48.4 Å². The monoisotopic (exact) mass is 464 g/mol. The van der Waals surface area contributed by atoms with Crippen LogP contribution < -0.4 is 10.0 Å². The first-order valence-corrected chi connectivity index (χ1v) is 12.4. The standard InChI is InChI=1S/C26H28N2O4S/c1-16(2)26(30)19-9-7-18(8-10-19)24-15-25(29)22-14-21(11-12-23(22)27-24)33(31,32)28-20-6-4-5-17(3)13-20/h4-14,16,24-25,27-29H,15H2,1-3H3/t24?,25-/m0/s1. The van der Waals surface area contributed by atoms with Gasteiger partial charge in [0.2, 0.25) is 0 Å². The van der Waals surface area contributed by atoms with Crippen LogP contribution in [0.15, 0.2) is 71.6 Å². The average molecular weight is 465 g/mol. The lowest BCUT2D eigenvalue weighted by Gasteiger charge is -2.31. The summed E-state index contributed by atoms with van der Waals surface area (Å²) in [4.78, 5) is 12.3. The maximum absolute atomic E-state index is 12.9. The van der Waals surface area contributed by atoms with E-state index in [1.807, 2.05) is 51.1 Å². The summed E-state index contributed by atoms with van der Waals surface area (Å²) in [5, 5.41) is 14.2. The lowest BCUT2D eigenvalue weighted by atomic mass is 9.90. The lowest BCUT2D eigenvalue weighted by Crippen LogP contribution is -2.22. The molecule has 3 aromatic rings. The van der Waals surface area contributed by atoms with Crippen LogP contribution in [0.4, 0.5) is 11.4 Å². The molecule has 4 rings (SSSR count). The first kappa shape index (κ1) is 23.0. The number of Topliss-reactive ketones (excluding diaryl/α,β-unsaturated/α-hetero) is 1. The molecule has 2 atom stereocenters. The van der Waals surface area contributed by atoms with Gasteiger partial charge >= 0.3 is 0 Å². The first-order valence-electron chi connectivity index (χ1n) is 11.0. The molecule has 3 aromatic carbocycles. The maximum Gasteiger partial charge on any atom is 0.261 e. The van der Waals surface area contributed by atoms with E-state index in [1.165, 1.54) is 12.1 Å². The van der Waals surface area contributed by atoms with Crippen LogP contribution in [-0.4, -0.2) is 19.3 Å². The number of hydrogen-bond donors (Lipinski definition) is 3. The molecular weight excluding hydrogens is 436 g/mol. The molecule has 1 heterocycles. The van der Waals surface area contributed by atoms with Crippen LogP contribution >= 0.6 is 0 Å². The first-order chi connectivity index (χ1) is 15.6. The average Bonchev–Trinajstić information content (AvgIpc) is 2.78. The van der Waals surface area contributed by atoms with E-state index in [2.05, 4.69) is 10.0 Å². The van der Waals surface area contributed by atoms with E-state index in [-0.39, 0.29) is 22.6 Å². The number of carbonyl (C=O) groups excluding carboxylic acids is 1. The predicted octanol–water partition coefficient (Wildman–Crippen LogP) is 5.22. The van der Waals surface area contributed by atoms with Gasteiger partial charge in [-0.25, -0.2) is 8.42 Å². The Bertz CT molecular complexity index is 1280. The van der Waals surface area contributed by atoms with Crippen molar-refractivity contribution in [2.24, 2.45) is 5.92 Å².